The first kappa shape index (κ1) is 18.8. The number of nitrogens with one attached hydrogen (secondary N) is 1. The van der Waals surface area contributed by atoms with Crippen molar-refractivity contribution in [1.29, 1.82) is 0 Å². The standard InChI is InChI=1S/C18H21FN4O2.ClH/c1-11-2-3-12(6-15(11)19)18-21-16(25-22-18)4-5-17(24)23-9-13-7-20-8-14(13)10-23;/h2-3,6,13-14,20H,4-5,7-10H2,1H3;1H/t13-,14+;. The highest BCUT2D eigenvalue weighted by atomic mass is 35.5. The second-order valence-electron chi connectivity index (χ2n) is 6.95. The first-order valence-corrected chi connectivity index (χ1v) is 8.68. The lowest BCUT2D eigenvalue weighted by molar-refractivity contribution is -0.130. The van der Waals surface area contributed by atoms with Gasteiger partial charge in [0.05, 0.1) is 0 Å². The van der Waals surface area contributed by atoms with Gasteiger partial charge < -0.3 is 14.7 Å². The molecule has 0 aliphatic carbocycles. The molecule has 2 aliphatic rings. The number of aryl methyl sites for hydroxylation is 2. The Labute approximate surface area is 157 Å². The summed E-state index contributed by atoms with van der Waals surface area (Å²) in [5.74, 6) is 1.78. The summed E-state index contributed by atoms with van der Waals surface area (Å²) in [4.78, 5) is 18.6. The molecular formula is C18H22ClFN4O2. The van der Waals surface area contributed by atoms with Crippen LogP contribution < -0.4 is 5.32 Å². The quantitative estimate of drug-likeness (QED) is 0.880. The average Bonchev–Trinajstić information content (AvgIpc) is 3.30. The van der Waals surface area contributed by atoms with Crippen molar-refractivity contribution in [3.63, 3.8) is 0 Å². The number of carbonyl (C=O) groups excluding carboxylic acids is 1. The number of rotatable bonds is 4. The molecule has 2 saturated heterocycles. The minimum Gasteiger partial charge on any atom is -0.342 e. The number of carbonyl (C=O) groups is 1. The van der Waals surface area contributed by atoms with Gasteiger partial charge in [-0.3, -0.25) is 4.79 Å². The third-order valence-corrected chi connectivity index (χ3v) is 5.19. The SMILES string of the molecule is Cc1ccc(-c2noc(CCC(=O)N3C[C@H]4CNC[C@H]4C3)n2)cc1F.Cl. The highest BCUT2D eigenvalue weighted by molar-refractivity contribution is 5.85. The lowest BCUT2D eigenvalue weighted by atomic mass is 10.0. The molecule has 2 aliphatic heterocycles. The van der Waals surface area contributed by atoms with E-state index in [4.69, 9.17) is 4.52 Å². The van der Waals surface area contributed by atoms with Crippen LogP contribution >= 0.6 is 12.4 Å². The van der Waals surface area contributed by atoms with Gasteiger partial charge in [-0.2, -0.15) is 4.98 Å². The number of aromatic nitrogens is 2. The number of nitrogens with zero attached hydrogens (tertiary/aromatic N) is 3. The number of likely N-dealkylation sites (tertiary alicyclic amines) is 1. The van der Waals surface area contributed by atoms with Crippen LogP contribution in [0.3, 0.4) is 0 Å². The summed E-state index contributed by atoms with van der Waals surface area (Å²) in [6.07, 6.45) is 0.765. The van der Waals surface area contributed by atoms with Crippen molar-refractivity contribution >= 4 is 18.3 Å². The Morgan fingerprint density at radius 2 is 2.08 bits per heavy atom. The molecule has 140 valence electrons. The van der Waals surface area contributed by atoms with Crippen LogP contribution in [0.25, 0.3) is 11.4 Å². The number of hydrogen-bond donors (Lipinski definition) is 1. The van der Waals surface area contributed by atoms with Crippen molar-refractivity contribution in [3.8, 4) is 11.4 Å². The highest BCUT2D eigenvalue weighted by Gasteiger charge is 2.37. The molecule has 1 aromatic carbocycles. The van der Waals surface area contributed by atoms with E-state index in [1.54, 1.807) is 19.1 Å². The fourth-order valence-corrected chi connectivity index (χ4v) is 3.64. The average molecular weight is 381 g/mol. The molecule has 0 spiro atoms. The van der Waals surface area contributed by atoms with Gasteiger partial charge in [-0.05, 0) is 30.4 Å². The first-order valence-electron chi connectivity index (χ1n) is 8.68. The molecule has 1 N–H and O–H groups in total. The summed E-state index contributed by atoms with van der Waals surface area (Å²) >= 11 is 0. The van der Waals surface area contributed by atoms with E-state index in [1.165, 1.54) is 6.07 Å². The van der Waals surface area contributed by atoms with E-state index < -0.39 is 0 Å². The van der Waals surface area contributed by atoms with E-state index in [1.807, 2.05) is 4.90 Å². The molecule has 0 unspecified atom stereocenters. The van der Waals surface area contributed by atoms with Crippen LogP contribution in [0.2, 0.25) is 0 Å². The molecule has 1 aromatic heterocycles. The summed E-state index contributed by atoms with van der Waals surface area (Å²) in [7, 11) is 0. The third kappa shape index (κ3) is 3.73. The smallest absolute Gasteiger partial charge is 0.227 e. The molecular weight excluding hydrogens is 359 g/mol. The van der Waals surface area contributed by atoms with Gasteiger partial charge in [0.15, 0.2) is 0 Å². The third-order valence-electron chi connectivity index (χ3n) is 5.19. The zero-order valence-corrected chi connectivity index (χ0v) is 15.4. The van der Waals surface area contributed by atoms with E-state index in [9.17, 15) is 9.18 Å². The second kappa shape index (κ2) is 7.72. The van der Waals surface area contributed by atoms with E-state index >= 15 is 0 Å². The largest absolute Gasteiger partial charge is 0.342 e. The van der Waals surface area contributed by atoms with Crippen LogP contribution in [0, 0.1) is 24.6 Å². The van der Waals surface area contributed by atoms with Crippen molar-refractivity contribution in [2.24, 2.45) is 11.8 Å². The molecule has 1 amide bonds. The highest BCUT2D eigenvalue weighted by Crippen LogP contribution is 2.27. The molecule has 6 nitrogen and oxygen atoms in total. The second-order valence-corrected chi connectivity index (χ2v) is 6.95. The molecule has 0 radical (unpaired) electrons. The van der Waals surface area contributed by atoms with Gasteiger partial charge in [-0.1, -0.05) is 17.3 Å². The van der Waals surface area contributed by atoms with Crippen LogP contribution in [-0.4, -0.2) is 47.1 Å². The lowest BCUT2D eigenvalue weighted by Gasteiger charge is -2.16. The molecule has 0 bridgehead atoms. The lowest BCUT2D eigenvalue weighted by Crippen LogP contribution is -2.32. The van der Waals surface area contributed by atoms with Crippen LogP contribution in [0.15, 0.2) is 22.7 Å². The van der Waals surface area contributed by atoms with Gasteiger partial charge in [0.1, 0.15) is 5.82 Å². The van der Waals surface area contributed by atoms with E-state index in [0.29, 0.717) is 47.5 Å². The van der Waals surface area contributed by atoms with E-state index in [0.717, 1.165) is 26.2 Å². The Morgan fingerprint density at radius 1 is 1.35 bits per heavy atom. The van der Waals surface area contributed by atoms with Crippen LogP contribution in [0.5, 0.6) is 0 Å². The summed E-state index contributed by atoms with van der Waals surface area (Å²) in [6, 6.07) is 4.84. The van der Waals surface area contributed by atoms with Crippen molar-refractivity contribution in [2.45, 2.75) is 19.8 Å². The molecule has 8 heteroatoms. The normalized spacial score (nSPS) is 21.5. The van der Waals surface area contributed by atoms with Crippen LogP contribution in [0.4, 0.5) is 4.39 Å². The Balaban J connectivity index is 0.00000196. The predicted molar refractivity (Wildman–Crippen MR) is 96.4 cm³/mol. The molecule has 3 heterocycles. The molecule has 2 fully saturated rings. The maximum absolute atomic E-state index is 13.7. The zero-order chi connectivity index (χ0) is 17.4. The first-order chi connectivity index (χ1) is 12.1. The van der Waals surface area contributed by atoms with E-state index in [-0.39, 0.29) is 24.1 Å². The van der Waals surface area contributed by atoms with Crippen molar-refractivity contribution in [1.82, 2.24) is 20.4 Å². The Hall–Kier alpha value is -1.99. The molecule has 4 rings (SSSR count). The minimum absolute atomic E-state index is 0. The van der Waals surface area contributed by atoms with Crippen molar-refractivity contribution in [2.75, 3.05) is 26.2 Å². The molecule has 26 heavy (non-hydrogen) atoms. The summed E-state index contributed by atoms with van der Waals surface area (Å²) in [5, 5.41) is 7.26. The Bertz CT molecular complexity index is 785. The maximum Gasteiger partial charge on any atom is 0.227 e. The molecule has 0 saturated carbocycles. The fourth-order valence-electron chi connectivity index (χ4n) is 3.64. The summed E-state index contributed by atoms with van der Waals surface area (Å²) in [6.45, 7) is 5.40. The monoisotopic (exact) mass is 380 g/mol. The number of amides is 1. The summed E-state index contributed by atoms with van der Waals surface area (Å²) in [5.41, 5.74) is 1.15. The number of benzene rings is 1. The Kier molecular flexibility index (Phi) is 5.58. The topological polar surface area (TPSA) is 71.3 Å². The number of fused-ring (bicyclic) bond motifs is 1. The van der Waals surface area contributed by atoms with E-state index in [2.05, 4.69) is 15.5 Å². The Morgan fingerprint density at radius 3 is 2.77 bits per heavy atom. The molecule has 2 aromatic rings. The fraction of sp³-hybridized carbons (Fsp3) is 0.500. The van der Waals surface area contributed by atoms with Crippen LogP contribution in [0.1, 0.15) is 17.9 Å². The number of hydrogen-bond acceptors (Lipinski definition) is 5. The zero-order valence-electron chi connectivity index (χ0n) is 14.6. The van der Waals surface area contributed by atoms with Gasteiger partial charge in [0.25, 0.3) is 0 Å². The van der Waals surface area contributed by atoms with Gasteiger partial charge >= 0.3 is 0 Å². The van der Waals surface area contributed by atoms with Crippen LogP contribution in [-0.2, 0) is 11.2 Å². The van der Waals surface area contributed by atoms with Gasteiger partial charge in [-0.15, -0.1) is 12.4 Å². The van der Waals surface area contributed by atoms with Gasteiger partial charge in [-0.25, -0.2) is 4.39 Å². The van der Waals surface area contributed by atoms with Gasteiger partial charge in [0, 0.05) is 44.6 Å². The van der Waals surface area contributed by atoms with Gasteiger partial charge in [0.2, 0.25) is 17.6 Å². The number of halogens is 2. The van der Waals surface area contributed by atoms with Crippen molar-refractivity contribution < 1.29 is 13.7 Å². The summed E-state index contributed by atoms with van der Waals surface area (Å²) < 4.78 is 18.9. The molecule has 2 atom stereocenters. The predicted octanol–water partition coefficient (Wildman–Crippen LogP) is 2.22. The maximum atomic E-state index is 13.7. The minimum atomic E-state index is -0.298. The van der Waals surface area contributed by atoms with Crippen molar-refractivity contribution in [3.05, 3.63) is 35.5 Å².